The van der Waals surface area contributed by atoms with Crippen LogP contribution in [0.15, 0.2) is 18.2 Å². The van der Waals surface area contributed by atoms with Gasteiger partial charge in [-0.1, -0.05) is 23.2 Å². The Labute approximate surface area is 97.2 Å². The topological polar surface area (TPSA) is 54.7 Å². The second kappa shape index (κ2) is 3.76. The second-order valence-electron chi connectivity index (χ2n) is 3.27. The number of nitrogens with two attached hydrogens (primary N) is 1. The van der Waals surface area contributed by atoms with Gasteiger partial charge in [0.15, 0.2) is 0 Å². The third-order valence-corrected chi connectivity index (χ3v) is 2.64. The molecule has 3 N–H and O–H groups in total. The Kier molecular flexibility index (Phi) is 2.59. The molecule has 0 aliphatic rings. The van der Waals surface area contributed by atoms with Crippen molar-refractivity contribution in [1.82, 2.24) is 10.2 Å². The molecule has 0 fully saturated rings. The molecule has 1 heterocycles. The molecule has 0 aliphatic carbocycles. The van der Waals surface area contributed by atoms with Crippen LogP contribution in [0.1, 0.15) is 5.56 Å². The quantitative estimate of drug-likeness (QED) is 0.806. The van der Waals surface area contributed by atoms with Crippen LogP contribution in [0.2, 0.25) is 10.0 Å². The van der Waals surface area contributed by atoms with Crippen LogP contribution in [-0.2, 0) is 0 Å². The standard InChI is InChI=1S/C10H9Cl2N3/c1-5-9(14-15-10(5)13)6-2-7(11)4-8(12)3-6/h2-4H,1H3,(H3,13,14,15). The highest BCUT2D eigenvalue weighted by atomic mass is 35.5. The maximum atomic E-state index is 5.91. The Hall–Kier alpha value is -1.19. The highest BCUT2D eigenvalue weighted by Gasteiger charge is 2.09. The van der Waals surface area contributed by atoms with E-state index in [0.29, 0.717) is 15.9 Å². The van der Waals surface area contributed by atoms with Crippen LogP contribution in [0.3, 0.4) is 0 Å². The van der Waals surface area contributed by atoms with Gasteiger partial charge in [-0.2, -0.15) is 5.10 Å². The third-order valence-electron chi connectivity index (χ3n) is 2.20. The molecule has 0 spiro atoms. The van der Waals surface area contributed by atoms with Gasteiger partial charge < -0.3 is 5.73 Å². The molecular formula is C10H9Cl2N3. The molecular weight excluding hydrogens is 233 g/mol. The van der Waals surface area contributed by atoms with Gasteiger partial charge in [0.25, 0.3) is 0 Å². The van der Waals surface area contributed by atoms with E-state index in [-0.39, 0.29) is 0 Å². The van der Waals surface area contributed by atoms with Crippen LogP contribution in [0.25, 0.3) is 11.3 Å². The SMILES string of the molecule is Cc1c(N)n[nH]c1-c1cc(Cl)cc(Cl)c1. The molecule has 2 aromatic rings. The molecule has 1 aromatic heterocycles. The summed E-state index contributed by atoms with van der Waals surface area (Å²) in [4.78, 5) is 0. The molecule has 0 aliphatic heterocycles. The van der Waals surface area contributed by atoms with Gasteiger partial charge in [0.1, 0.15) is 5.82 Å². The molecule has 0 bridgehead atoms. The number of H-pyrrole nitrogens is 1. The van der Waals surface area contributed by atoms with Crippen LogP contribution < -0.4 is 5.73 Å². The van der Waals surface area contributed by atoms with Gasteiger partial charge >= 0.3 is 0 Å². The lowest BCUT2D eigenvalue weighted by Gasteiger charge is -2.01. The number of nitrogens with zero attached hydrogens (tertiary/aromatic N) is 1. The number of halogens is 2. The van der Waals surface area contributed by atoms with Gasteiger partial charge in [0, 0.05) is 21.2 Å². The molecule has 0 atom stereocenters. The Morgan fingerprint density at radius 3 is 2.27 bits per heavy atom. The minimum Gasteiger partial charge on any atom is -0.382 e. The molecule has 78 valence electrons. The first-order chi connectivity index (χ1) is 7.08. The Bertz CT molecular complexity index is 485. The number of anilines is 1. The predicted molar refractivity (Wildman–Crippen MR) is 63.2 cm³/mol. The molecule has 1 aromatic carbocycles. The first-order valence-electron chi connectivity index (χ1n) is 4.35. The monoisotopic (exact) mass is 241 g/mol. The Morgan fingerprint density at radius 2 is 1.80 bits per heavy atom. The lowest BCUT2D eigenvalue weighted by atomic mass is 10.1. The molecule has 0 radical (unpaired) electrons. The number of nitrogens with one attached hydrogen (secondary N) is 1. The Morgan fingerprint density at radius 1 is 1.20 bits per heavy atom. The average Bonchev–Trinajstić information content (AvgIpc) is 2.46. The minimum atomic E-state index is 0.487. The number of nitrogen functional groups attached to an aromatic ring is 1. The molecule has 3 nitrogen and oxygen atoms in total. The fourth-order valence-electron chi connectivity index (χ4n) is 1.39. The van der Waals surface area contributed by atoms with Crippen LogP contribution in [0.4, 0.5) is 5.82 Å². The first kappa shape index (κ1) is 10.3. The first-order valence-corrected chi connectivity index (χ1v) is 5.10. The summed E-state index contributed by atoms with van der Waals surface area (Å²) in [6, 6.07) is 5.31. The van der Waals surface area contributed by atoms with Crippen LogP contribution in [0.5, 0.6) is 0 Å². The van der Waals surface area contributed by atoms with Gasteiger partial charge in [0.2, 0.25) is 0 Å². The number of rotatable bonds is 1. The summed E-state index contributed by atoms with van der Waals surface area (Å²) in [6.07, 6.45) is 0. The van der Waals surface area contributed by atoms with E-state index >= 15 is 0 Å². The molecule has 0 unspecified atom stereocenters. The van der Waals surface area contributed by atoms with E-state index < -0.39 is 0 Å². The number of hydrogen-bond donors (Lipinski definition) is 2. The summed E-state index contributed by atoms with van der Waals surface area (Å²) in [5, 5.41) is 7.95. The maximum absolute atomic E-state index is 5.91. The van der Waals surface area contributed by atoms with Crippen LogP contribution in [0, 0.1) is 6.92 Å². The number of aromatic amines is 1. The van der Waals surface area contributed by atoms with Gasteiger partial charge in [-0.25, -0.2) is 0 Å². The molecule has 2 rings (SSSR count). The van der Waals surface area contributed by atoms with Gasteiger partial charge in [-0.05, 0) is 25.1 Å². The van der Waals surface area contributed by atoms with E-state index in [4.69, 9.17) is 28.9 Å². The number of benzene rings is 1. The van der Waals surface area contributed by atoms with Crippen molar-refractivity contribution >= 4 is 29.0 Å². The fraction of sp³-hybridized carbons (Fsp3) is 0.100. The number of hydrogen-bond acceptors (Lipinski definition) is 2. The normalized spacial score (nSPS) is 10.6. The molecule has 15 heavy (non-hydrogen) atoms. The lowest BCUT2D eigenvalue weighted by molar-refractivity contribution is 1.10. The average molecular weight is 242 g/mol. The summed E-state index contributed by atoms with van der Waals surface area (Å²) in [6.45, 7) is 1.89. The highest BCUT2D eigenvalue weighted by molar-refractivity contribution is 6.35. The molecule has 5 heteroatoms. The smallest absolute Gasteiger partial charge is 0.148 e. The van der Waals surface area contributed by atoms with Crippen molar-refractivity contribution in [1.29, 1.82) is 0 Å². The van der Waals surface area contributed by atoms with Crippen LogP contribution in [-0.4, -0.2) is 10.2 Å². The third kappa shape index (κ3) is 1.94. The van der Waals surface area contributed by atoms with E-state index in [1.165, 1.54) is 0 Å². The van der Waals surface area contributed by atoms with E-state index in [1.807, 2.05) is 19.1 Å². The van der Waals surface area contributed by atoms with Crippen molar-refractivity contribution in [2.24, 2.45) is 0 Å². The van der Waals surface area contributed by atoms with Gasteiger partial charge in [0.05, 0.1) is 5.69 Å². The van der Waals surface area contributed by atoms with Crippen molar-refractivity contribution in [2.75, 3.05) is 5.73 Å². The van der Waals surface area contributed by atoms with Crippen molar-refractivity contribution in [2.45, 2.75) is 6.92 Å². The van der Waals surface area contributed by atoms with Crippen molar-refractivity contribution in [3.8, 4) is 11.3 Å². The predicted octanol–water partition coefficient (Wildman–Crippen LogP) is 3.27. The lowest BCUT2D eigenvalue weighted by Crippen LogP contribution is -1.86. The van der Waals surface area contributed by atoms with Crippen molar-refractivity contribution < 1.29 is 0 Å². The molecule has 0 saturated carbocycles. The summed E-state index contributed by atoms with van der Waals surface area (Å²) in [5.74, 6) is 0.487. The highest BCUT2D eigenvalue weighted by Crippen LogP contribution is 2.29. The van der Waals surface area contributed by atoms with Gasteiger partial charge in [-0.15, -0.1) is 0 Å². The molecule has 0 saturated heterocycles. The summed E-state index contributed by atoms with van der Waals surface area (Å²) in [7, 11) is 0. The zero-order chi connectivity index (χ0) is 11.0. The van der Waals surface area contributed by atoms with Crippen molar-refractivity contribution in [3.05, 3.63) is 33.8 Å². The maximum Gasteiger partial charge on any atom is 0.148 e. The summed E-state index contributed by atoms with van der Waals surface area (Å²) >= 11 is 11.8. The van der Waals surface area contributed by atoms with Crippen LogP contribution >= 0.6 is 23.2 Å². The van der Waals surface area contributed by atoms with E-state index in [0.717, 1.165) is 16.8 Å². The minimum absolute atomic E-state index is 0.487. The largest absolute Gasteiger partial charge is 0.382 e. The van der Waals surface area contributed by atoms with Crippen molar-refractivity contribution in [3.63, 3.8) is 0 Å². The summed E-state index contributed by atoms with van der Waals surface area (Å²) in [5.41, 5.74) is 8.27. The number of aromatic nitrogens is 2. The van der Waals surface area contributed by atoms with E-state index in [9.17, 15) is 0 Å². The fourth-order valence-corrected chi connectivity index (χ4v) is 1.92. The van der Waals surface area contributed by atoms with E-state index in [1.54, 1.807) is 6.07 Å². The zero-order valence-electron chi connectivity index (χ0n) is 8.01. The second-order valence-corrected chi connectivity index (χ2v) is 4.14. The van der Waals surface area contributed by atoms with Gasteiger partial charge in [-0.3, -0.25) is 5.10 Å². The molecule has 0 amide bonds. The summed E-state index contributed by atoms with van der Waals surface area (Å²) < 4.78 is 0. The zero-order valence-corrected chi connectivity index (χ0v) is 9.52. The van der Waals surface area contributed by atoms with E-state index in [2.05, 4.69) is 10.2 Å². The Balaban J connectivity index is 2.58.